The smallest absolute Gasteiger partial charge is 0.344 e. The van der Waals surface area contributed by atoms with Crippen LogP contribution in [-0.2, 0) is 19.1 Å². The van der Waals surface area contributed by atoms with Gasteiger partial charge in [-0.3, -0.25) is 4.79 Å². The molecule has 0 amide bonds. The maximum absolute atomic E-state index is 13.0. The number of hydrogen-bond acceptors (Lipinski definition) is 4. The molecular weight excluding hydrogens is 251 g/mol. The highest BCUT2D eigenvalue weighted by Gasteiger charge is 2.44. The van der Waals surface area contributed by atoms with Crippen molar-refractivity contribution in [2.75, 3.05) is 0 Å². The van der Waals surface area contributed by atoms with Gasteiger partial charge in [0.2, 0.25) is 5.67 Å². The average Bonchev–Trinajstić information content (AvgIpc) is 2.81. The van der Waals surface area contributed by atoms with Crippen LogP contribution < -0.4 is 0 Å². The van der Waals surface area contributed by atoms with Crippen molar-refractivity contribution >= 4 is 11.9 Å². The fraction of sp³-hybridized carbons (Fsp3) is 0.857. The average molecular weight is 274 g/mol. The number of esters is 2. The van der Waals surface area contributed by atoms with E-state index in [1.807, 2.05) is 20.8 Å². The van der Waals surface area contributed by atoms with E-state index in [4.69, 9.17) is 9.47 Å². The molecule has 0 saturated carbocycles. The number of carbonyl (C=O) groups excluding carboxylic acids is 2. The maximum Gasteiger partial charge on any atom is 0.344 e. The Labute approximate surface area is 113 Å². The predicted molar refractivity (Wildman–Crippen MR) is 68.3 cm³/mol. The molecule has 0 radical (unpaired) electrons. The van der Waals surface area contributed by atoms with Gasteiger partial charge in [0.15, 0.2) is 0 Å². The molecule has 5 heteroatoms. The van der Waals surface area contributed by atoms with E-state index in [2.05, 4.69) is 0 Å². The van der Waals surface area contributed by atoms with Crippen LogP contribution >= 0.6 is 0 Å². The lowest BCUT2D eigenvalue weighted by molar-refractivity contribution is -0.149. The molecule has 2 aliphatic heterocycles. The van der Waals surface area contributed by atoms with E-state index in [-0.39, 0.29) is 30.5 Å². The molecule has 2 saturated heterocycles. The molecule has 0 N–H and O–H groups in total. The van der Waals surface area contributed by atoms with Crippen molar-refractivity contribution in [3.63, 3.8) is 0 Å². The standard InChI is InChI=1S/C7H11FO2.C7H12O2/c1-3-5-4-7(2,8)6(9)10-5;1-3-6-4-5(2)7(8)9-6/h5H,3-4H2,1-2H3;5-6H,3-4H2,1-2H3/t5?,7-;/m1./s1. The zero-order chi connectivity index (χ0) is 14.6. The third-order valence-electron chi connectivity index (χ3n) is 3.52. The molecule has 2 fully saturated rings. The summed E-state index contributed by atoms with van der Waals surface area (Å²) in [6, 6.07) is 0. The third-order valence-corrected chi connectivity index (χ3v) is 3.52. The Morgan fingerprint density at radius 2 is 1.79 bits per heavy atom. The molecule has 2 aliphatic rings. The Bertz CT molecular complexity index is 340. The largest absolute Gasteiger partial charge is 0.462 e. The summed E-state index contributed by atoms with van der Waals surface area (Å²) in [7, 11) is 0. The van der Waals surface area contributed by atoms with Gasteiger partial charge in [-0.15, -0.1) is 0 Å². The predicted octanol–water partition coefficient (Wildman–Crippen LogP) is 2.79. The second-order valence-corrected chi connectivity index (χ2v) is 5.44. The van der Waals surface area contributed by atoms with Gasteiger partial charge in [-0.05, 0) is 26.2 Å². The summed E-state index contributed by atoms with van der Waals surface area (Å²) in [4.78, 5) is 21.4. The van der Waals surface area contributed by atoms with Crippen LogP contribution in [0.5, 0.6) is 0 Å². The van der Waals surface area contributed by atoms with E-state index >= 15 is 0 Å². The summed E-state index contributed by atoms with van der Waals surface area (Å²) in [5.41, 5.74) is -1.74. The Morgan fingerprint density at radius 1 is 1.21 bits per heavy atom. The van der Waals surface area contributed by atoms with Crippen LogP contribution in [0.4, 0.5) is 4.39 Å². The highest BCUT2D eigenvalue weighted by atomic mass is 19.1. The first-order valence-corrected chi connectivity index (χ1v) is 6.90. The molecule has 2 rings (SSSR count). The summed E-state index contributed by atoms with van der Waals surface area (Å²) < 4.78 is 22.7. The van der Waals surface area contributed by atoms with Gasteiger partial charge in [-0.25, -0.2) is 9.18 Å². The summed E-state index contributed by atoms with van der Waals surface area (Å²) in [5, 5.41) is 0. The minimum absolute atomic E-state index is 0.0261. The summed E-state index contributed by atoms with van der Waals surface area (Å²) in [6.07, 6.45) is 2.77. The number of halogens is 1. The van der Waals surface area contributed by atoms with Crippen LogP contribution in [0.25, 0.3) is 0 Å². The molecule has 3 unspecified atom stereocenters. The van der Waals surface area contributed by atoms with Crippen LogP contribution in [0.3, 0.4) is 0 Å². The zero-order valence-electron chi connectivity index (χ0n) is 12.1. The van der Waals surface area contributed by atoms with Crippen LogP contribution in [0.2, 0.25) is 0 Å². The van der Waals surface area contributed by atoms with Gasteiger partial charge in [-0.1, -0.05) is 20.8 Å². The van der Waals surface area contributed by atoms with Gasteiger partial charge >= 0.3 is 11.9 Å². The lowest BCUT2D eigenvalue weighted by Gasteiger charge is -2.04. The van der Waals surface area contributed by atoms with Gasteiger partial charge in [0.05, 0.1) is 5.92 Å². The van der Waals surface area contributed by atoms with Gasteiger partial charge < -0.3 is 9.47 Å². The first-order chi connectivity index (χ1) is 8.80. The van der Waals surface area contributed by atoms with Crippen molar-refractivity contribution in [3.05, 3.63) is 0 Å². The number of hydrogen-bond donors (Lipinski definition) is 0. The molecule has 0 aromatic rings. The van der Waals surface area contributed by atoms with Crippen LogP contribution in [0, 0.1) is 5.92 Å². The SMILES string of the molecule is CCC1CC(C)C(=O)O1.CCC1C[C@@](C)(F)C(=O)O1. The van der Waals surface area contributed by atoms with E-state index in [9.17, 15) is 14.0 Å². The molecule has 0 aliphatic carbocycles. The van der Waals surface area contributed by atoms with Crippen molar-refractivity contribution < 1.29 is 23.5 Å². The number of ether oxygens (including phenoxy) is 2. The Kier molecular flexibility index (Phi) is 5.32. The van der Waals surface area contributed by atoms with Gasteiger partial charge in [-0.2, -0.15) is 0 Å². The van der Waals surface area contributed by atoms with Crippen LogP contribution in [0.15, 0.2) is 0 Å². The highest BCUT2D eigenvalue weighted by molar-refractivity contribution is 5.81. The molecule has 4 atom stereocenters. The van der Waals surface area contributed by atoms with Gasteiger partial charge in [0.25, 0.3) is 0 Å². The quantitative estimate of drug-likeness (QED) is 0.727. The van der Waals surface area contributed by atoms with Crippen molar-refractivity contribution in [2.45, 2.75) is 71.3 Å². The molecule has 0 spiro atoms. The van der Waals surface area contributed by atoms with Crippen molar-refractivity contribution in [2.24, 2.45) is 5.92 Å². The topological polar surface area (TPSA) is 52.6 Å². The van der Waals surface area contributed by atoms with E-state index in [0.29, 0.717) is 6.42 Å². The van der Waals surface area contributed by atoms with Crippen LogP contribution in [-0.4, -0.2) is 29.8 Å². The number of rotatable bonds is 2. The maximum atomic E-state index is 13.0. The summed E-state index contributed by atoms with van der Waals surface area (Å²) in [5.74, 6) is -0.601. The molecule has 4 nitrogen and oxygen atoms in total. The zero-order valence-corrected chi connectivity index (χ0v) is 12.1. The molecule has 0 aromatic carbocycles. The second kappa shape index (κ2) is 6.35. The lowest BCUT2D eigenvalue weighted by Crippen LogP contribution is -2.23. The van der Waals surface area contributed by atoms with E-state index in [1.165, 1.54) is 6.92 Å². The van der Waals surface area contributed by atoms with E-state index in [0.717, 1.165) is 12.8 Å². The molecule has 110 valence electrons. The molecule has 0 bridgehead atoms. The third kappa shape index (κ3) is 4.18. The fourth-order valence-corrected chi connectivity index (χ4v) is 2.12. The van der Waals surface area contributed by atoms with Crippen molar-refractivity contribution in [3.8, 4) is 0 Å². The highest BCUT2D eigenvalue weighted by Crippen LogP contribution is 2.30. The molecule has 19 heavy (non-hydrogen) atoms. The van der Waals surface area contributed by atoms with Crippen LogP contribution in [0.1, 0.15) is 53.4 Å². The van der Waals surface area contributed by atoms with E-state index < -0.39 is 11.6 Å². The Balaban J connectivity index is 0.000000191. The molecule has 0 aromatic heterocycles. The number of carbonyl (C=O) groups is 2. The Hall–Kier alpha value is -1.13. The Morgan fingerprint density at radius 3 is 2.00 bits per heavy atom. The minimum Gasteiger partial charge on any atom is -0.462 e. The summed E-state index contributed by atoms with van der Waals surface area (Å²) >= 11 is 0. The van der Waals surface area contributed by atoms with Gasteiger partial charge in [0.1, 0.15) is 12.2 Å². The fourth-order valence-electron chi connectivity index (χ4n) is 2.12. The minimum atomic E-state index is -1.74. The second-order valence-electron chi connectivity index (χ2n) is 5.44. The normalized spacial score (nSPS) is 37.4. The van der Waals surface area contributed by atoms with Crippen molar-refractivity contribution in [1.29, 1.82) is 0 Å². The summed E-state index contributed by atoms with van der Waals surface area (Å²) in [6.45, 7) is 7.10. The number of alkyl halides is 1. The first kappa shape index (κ1) is 15.9. The molecular formula is C14H23FO4. The van der Waals surface area contributed by atoms with E-state index in [1.54, 1.807) is 0 Å². The van der Waals surface area contributed by atoms with Gasteiger partial charge in [0, 0.05) is 6.42 Å². The molecule has 2 heterocycles. The lowest BCUT2D eigenvalue weighted by atomic mass is 10.0. The number of cyclic esters (lactones) is 2. The first-order valence-electron chi connectivity index (χ1n) is 6.90. The van der Waals surface area contributed by atoms with Crippen molar-refractivity contribution in [1.82, 2.24) is 0 Å². The monoisotopic (exact) mass is 274 g/mol.